The van der Waals surface area contributed by atoms with Gasteiger partial charge in [-0.2, -0.15) is 4.39 Å². The predicted octanol–water partition coefficient (Wildman–Crippen LogP) is 3.19. The van der Waals surface area contributed by atoms with E-state index in [1.54, 1.807) is 24.3 Å². The molecular formula is C23H26FN3O7. The number of amides is 2. The van der Waals surface area contributed by atoms with Gasteiger partial charge in [0.05, 0.1) is 4.92 Å². The second-order valence-corrected chi connectivity index (χ2v) is 8.03. The van der Waals surface area contributed by atoms with E-state index >= 15 is 0 Å². The van der Waals surface area contributed by atoms with Gasteiger partial charge in [-0.25, -0.2) is 9.59 Å². The van der Waals surface area contributed by atoms with Crippen LogP contribution in [-0.2, 0) is 27.4 Å². The molecule has 0 aliphatic carbocycles. The molecule has 0 unspecified atom stereocenters. The van der Waals surface area contributed by atoms with Crippen molar-refractivity contribution < 1.29 is 33.5 Å². The fourth-order valence-electron chi connectivity index (χ4n) is 3.14. The van der Waals surface area contributed by atoms with Gasteiger partial charge in [0, 0.05) is 12.5 Å². The number of ether oxygens (including phenoxy) is 1. The quantitative estimate of drug-likeness (QED) is 0.334. The second kappa shape index (κ2) is 12.3. The summed E-state index contributed by atoms with van der Waals surface area (Å²) in [6.45, 7) is 3.64. The highest BCUT2D eigenvalue weighted by molar-refractivity contribution is 5.89. The number of carboxylic acid groups (broad SMARTS) is 1. The molecule has 0 spiro atoms. The Morgan fingerprint density at radius 1 is 1.06 bits per heavy atom. The number of halogens is 1. The summed E-state index contributed by atoms with van der Waals surface area (Å²) in [5.41, 5.74) is 0.103. The van der Waals surface area contributed by atoms with Crippen molar-refractivity contribution in [2.45, 2.75) is 45.4 Å². The number of nitro groups is 1. The van der Waals surface area contributed by atoms with E-state index in [4.69, 9.17) is 4.74 Å². The van der Waals surface area contributed by atoms with Crippen LogP contribution in [0.2, 0.25) is 0 Å². The van der Waals surface area contributed by atoms with Gasteiger partial charge in [0.2, 0.25) is 11.7 Å². The zero-order valence-electron chi connectivity index (χ0n) is 18.7. The van der Waals surface area contributed by atoms with Crippen LogP contribution in [0.4, 0.5) is 14.9 Å². The number of carboxylic acids is 1. The standard InChI is InChI=1S/C23H26FN3O7/c1-14(2)10-18(26-23(31)34-13-15-6-4-3-5-7-15)21(28)25-19(22(29)30)11-16-8-9-17(24)20(12-16)27(32)33/h3-9,12,14,18-19H,10-11,13H2,1-2H3,(H,25,28)(H,26,31)(H,29,30)/t18-,19+/m0/s1. The van der Waals surface area contributed by atoms with Crippen molar-refractivity contribution in [3.8, 4) is 0 Å². The van der Waals surface area contributed by atoms with Crippen molar-refractivity contribution in [2.24, 2.45) is 5.92 Å². The monoisotopic (exact) mass is 475 g/mol. The summed E-state index contributed by atoms with van der Waals surface area (Å²) in [6, 6.07) is 9.36. The van der Waals surface area contributed by atoms with Gasteiger partial charge in [0.25, 0.3) is 0 Å². The van der Waals surface area contributed by atoms with E-state index in [1.807, 2.05) is 19.9 Å². The van der Waals surface area contributed by atoms with Crippen LogP contribution in [0.3, 0.4) is 0 Å². The maximum absolute atomic E-state index is 13.6. The first-order valence-electron chi connectivity index (χ1n) is 10.5. The average molecular weight is 475 g/mol. The minimum atomic E-state index is -1.46. The Labute approximate surface area is 195 Å². The molecule has 0 aliphatic rings. The number of carbonyl (C=O) groups excluding carboxylic acids is 2. The first kappa shape index (κ1) is 26.2. The second-order valence-electron chi connectivity index (χ2n) is 8.03. The number of hydrogen-bond donors (Lipinski definition) is 3. The lowest BCUT2D eigenvalue weighted by molar-refractivity contribution is -0.387. The highest BCUT2D eigenvalue weighted by Gasteiger charge is 2.28. The molecule has 2 amide bonds. The topological polar surface area (TPSA) is 148 Å². The third kappa shape index (κ3) is 8.15. The van der Waals surface area contributed by atoms with E-state index < -0.39 is 46.5 Å². The van der Waals surface area contributed by atoms with Gasteiger partial charge in [0.15, 0.2) is 0 Å². The summed E-state index contributed by atoms with van der Waals surface area (Å²) in [6.07, 6.45) is -0.957. The van der Waals surface area contributed by atoms with Crippen LogP contribution in [0.25, 0.3) is 0 Å². The minimum Gasteiger partial charge on any atom is -0.480 e. The highest BCUT2D eigenvalue weighted by Crippen LogP contribution is 2.19. The van der Waals surface area contributed by atoms with Gasteiger partial charge < -0.3 is 20.5 Å². The zero-order valence-corrected chi connectivity index (χ0v) is 18.7. The third-order valence-electron chi connectivity index (χ3n) is 4.79. The number of nitrogens with one attached hydrogen (secondary N) is 2. The van der Waals surface area contributed by atoms with Gasteiger partial charge in [0.1, 0.15) is 18.7 Å². The summed E-state index contributed by atoms with van der Waals surface area (Å²) in [5.74, 6) is -3.22. The molecule has 0 fully saturated rings. The summed E-state index contributed by atoms with van der Waals surface area (Å²) in [5, 5.41) is 25.3. The van der Waals surface area contributed by atoms with Crippen molar-refractivity contribution in [3.05, 3.63) is 75.6 Å². The van der Waals surface area contributed by atoms with Crippen molar-refractivity contribution in [1.29, 1.82) is 0 Å². The SMILES string of the molecule is CC(C)C[C@H](NC(=O)OCc1ccccc1)C(=O)N[C@H](Cc1ccc(F)c([N+](=O)[O-])c1)C(=O)O. The number of hydrogen-bond acceptors (Lipinski definition) is 6. The smallest absolute Gasteiger partial charge is 0.408 e. The highest BCUT2D eigenvalue weighted by atomic mass is 19.1. The summed E-state index contributed by atoms with van der Waals surface area (Å²) < 4.78 is 18.7. The van der Waals surface area contributed by atoms with Crippen LogP contribution in [0.1, 0.15) is 31.4 Å². The van der Waals surface area contributed by atoms with Crippen LogP contribution in [0.5, 0.6) is 0 Å². The van der Waals surface area contributed by atoms with E-state index in [0.29, 0.717) is 0 Å². The molecule has 2 aromatic carbocycles. The molecule has 0 radical (unpaired) electrons. The lowest BCUT2D eigenvalue weighted by Crippen LogP contribution is -2.52. The Bertz CT molecular complexity index is 1030. The number of alkyl carbamates (subject to hydrolysis) is 1. The fraction of sp³-hybridized carbons (Fsp3) is 0.348. The average Bonchev–Trinajstić information content (AvgIpc) is 2.78. The molecule has 34 heavy (non-hydrogen) atoms. The van der Waals surface area contributed by atoms with Crippen LogP contribution in [0, 0.1) is 21.8 Å². The number of aliphatic carboxylic acids is 1. The maximum atomic E-state index is 13.6. The largest absolute Gasteiger partial charge is 0.480 e. The number of nitro benzene ring substituents is 1. The Morgan fingerprint density at radius 2 is 1.74 bits per heavy atom. The number of benzene rings is 2. The first-order valence-corrected chi connectivity index (χ1v) is 10.5. The van der Waals surface area contributed by atoms with Crippen molar-refractivity contribution in [3.63, 3.8) is 0 Å². The Morgan fingerprint density at radius 3 is 2.32 bits per heavy atom. The predicted molar refractivity (Wildman–Crippen MR) is 119 cm³/mol. The van der Waals surface area contributed by atoms with E-state index in [0.717, 1.165) is 17.7 Å². The Hall–Kier alpha value is -4.02. The van der Waals surface area contributed by atoms with E-state index in [9.17, 15) is 34.0 Å². The van der Waals surface area contributed by atoms with Crippen LogP contribution in [-0.4, -0.2) is 40.1 Å². The molecule has 182 valence electrons. The molecular weight excluding hydrogens is 449 g/mol. The Balaban J connectivity index is 2.07. The van der Waals surface area contributed by atoms with Crippen LogP contribution < -0.4 is 10.6 Å². The molecule has 2 aromatic rings. The molecule has 2 rings (SSSR count). The van der Waals surface area contributed by atoms with Gasteiger partial charge in [-0.15, -0.1) is 0 Å². The molecule has 0 aliphatic heterocycles. The van der Waals surface area contributed by atoms with Gasteiger partial charge >= 0.3 is 17.7 Å². The molecule has 0 saturated carbocycles. The Kier molecular flexibility index (Phi) is 9.48. The fourth-order valence-corrected chi connectivity index (χ4v) is 3.14. The van der Waals surface area contributed by atoms with E-state index in [2.05, 4.69) is 10.6 Å². The number of rotatable bonds is 11. The normalized spacial score (nSPS) is 12.5. The lowest BCUT2D eigenvalue weighted by Gasteiger charge is -2.22. The molecule has 3 N–H and O–H groups in total. The summed E-state index contributed by atoms with van der Waals surface area (Å²) in [7, 11) is 0. The first-order chi connectivity index (χ1) is 16.1. The molecule has 10 nitrogen and oxygen atoms in total. The number of carbonyl (C=O) groups is 3. The molecule has 0 saturated heterocycles. The van der Waals surface area contributed by atoms with E-state index in [-0.39, 0.29) is 30.9 Å². The zero-order chi connectivity index (χ0) is 25.3. The van der Waals surface area contributed by atoms with Crippen molar-refractivity contribution in [1.82, 2.24) is 10.6 Å². The summed E-state index contributed by atoms with van der Waals surface area (Å²) in [4.78, 5) is 46.8. The molecule has 0 heterocycles. The van der Waals surface area contributed by atoms with Crippen molar-refractivity contribution >= 4 is 23.7 Å². The molecule has 0 aromatic heterocycles. The maximum Gasteiger partial charge on any atom is 0.408 e. The molecule has 11 heteroatoms. The third-order valence-corrected chi connectivity index (χ3v) is 4.79. The van der Waals surface area contributed by atoms with Gasteiger partial charge in [-0.1, -0.05) is 50.2 Å². The molecule has 2 atom stereocenters. The van der Waals surface area contributed by atoms with Gasteiger partial charge in [-0.3, -0.25) is 14.9 Å². The minimum absolute atomic E-state index is 0.0101. The van der Waals surface area contributed by atoms with Gasteiger partial charge in [-0.05, 0) is 29.5 Å². The van der Waals surface area contributed by atoms with E-state index in [1.165, 1.54) is 6.07 Å². The van der Waals surface area contributed by atoms with Crippen LogP contribution >= 0.6 is 0 Å². The number of nitrogens with zero attached hydrogens (tertiary/aromatic N) is 1. The lowest BCUT2D eigenvalue weighted by atomic mass is 10.0. The molecule has 0 bridgehead atoms. The van der Waals surface area contributed by atoms with Crippen molar-refractivity contribution in [2.75, 3.05) is 0 Å². The summed E-state index contributed by atoms with van der Waals surface area (Å²) >= 11 is 0. The van der Waals surface area contributed by atoms with Crippen LogP contribution in [0.15, 0.2) is 48.5 Å².